The maximum Gasteiger partial charge on any atom is 0.0567 e. The SMILES string of the molecule is [2H]C(O)C1CC1c1ccccc1. The van der Waals surface area contributed by atoms with Crippen molar-refractivity contribution >= 4 is 0 Å². The number of aliphatic hydroxyl groups is 1. The second-order valence-corrected chi connectivity index (χ2v) is 3.07. The van der Waals surface area contributed by atoms with Gasteiger partial charge in [-0.1, -0.05) is 30.3 Å². The van der Waals surface area contributed by atoms with Gasteiger partial charge in [0.05, 0.1) is 1.37 Å². The van der Waals surface area contributed by atoms with Crippen LogP contribution in [0.2, 0.25) is 0 Å². The lowest BCUT2D eigenvalue weighted by molar-refractivity contribution is 0.274. The minimum atomic E-state index is -0.893. The molecule has 3 unspecified atom stereocenters. The van der Waals surface area contributed by atoms with E-state index >= 15 is 0 Å². The molecule has 0 heterocycles. The number of aliphatic hydroxyl groups excluding tert-OH is 1. The van der Waals surface area contributed by atoms with Crippen molar-refractivity contribution in [2.75, 3.05) is 6.58 Å². The topological polar surface area (TPSA) is 20.2 Å². The van der Waals surface area contributed by atoms with Crippen molar-refractivity contribution in [3.63, 3.8) is 0 Å². The Balaban J connectivity index is 2.06. The fourth-order valence-electron chi connectivity index (χ4n) is 1.46. The molecular weight excluding hydrogens is 136 g/mol. The molecule has 0 radical (unpaired) electrons. The van der Waals surface area contributed by atoms with Gasteiger partial charge in [-0.05, 0) is 23.8 Å². The van der Waals surface area contributed by atoms with Crippen LogP contribution in [0, 0.1) is 5.92 Å². The Kier molecular flexibility index (Phi) is 1.40. The summed E-state index contributed by atoms with van der Waals surface area (Å²) in [5, 5.41) is 8.99. The van der Waals surface area contributed by atoms with Crippen LogP contribution in [0.3, 0.4) is 0 Å². The Morgan fingerprint density at radius 3 is 2.73 bits per heavy atom. The molecule has 0 aromatic heterocycles. The second kappa shape index (κ2) is 2.67. The average Bonchev–Trinajstić information content (AvgIpc) is 2.84. The molecule has 1 aliphatic carbocycles. The molecule has 1 aromatic carbocycles. The summed E-state index contributed by atoms with van der Waals surface area (Å²) in [6.45, 7) is -0.893. The third-order valence-corrected chi connectivity index (χ3v) is 2.26. The number of hydrogen-bond donors (Lipinski definition) is 1. The summed E-state index contributed by atoms with van der Waals surface area (Å²) >= 11 is 0. The highest BCUT2D eigenvalue weighted by atomic mass is 16.3. The lowest BCUT2D eigenvalue weighted by Crippen LogP contribution is -1.87. The normalized spacial score (nSPS) is 32.6. The fraction of sp³-hybridized carbons (Fsp3) is 0.400. The largest absolute Gasteiger partial charge is 0.396 e. The van der Waals surface area contributed by atoms with Crippen molar-refractivity contribution in [1.29, 1.82) is 0 Å². The summed E-state index contributed by atoms with van der Waals surface area (Å²) < 4.78 is 7.13. The molecule has 1 nitrogen and oxygen atoms in total. The molecule has 0 spiro atoms. The zero-order valence-electron chi connectivity index (χ0n) is 7.27. The van der Waals surface area contributed by atoms with E-state index in [-0.39, 0.29) is 5.92 Å². The zero-order valence-corrected chi connectivity index (χ0v) is 6.27. The number of rotatable bonds is 2. The van der Waals surface area contributed by atoms with Crippen molar-refractivity contribution in [2.24, 2.45) is 5.92 Å². The highest BCUT2D eigenvalue weighted by molar-refractivity contribution is 5.25. The Morgan fingerprint density at radius 2 is 2.18 bits per heavy atom. The summed E-state index contributed by atoms with van der Waals surface area (Å²) in [5.74, 6) is 0.603. The maximum absolute atomic E-state index is 8.99. The van der Waals surface area contributed by atoms with Gasteiger partial charge in [0, 0.05) is 6.58 Å². The quantitative estimate of drug-likeness (QED) is 0.679. The van der Waals surface area contributed by atoms with Gasteiger partial charge in [0.25, 0.3) is 0 Å². The lowest BCUT2D eigenvalue weighted by Gasteiger charge is -1.96. The van der Waals surface area contributed by atoms with Crippen molar-refractivity contribution < 1.29 is 6.48 Å². The lowest BCUT2D eigenvalue weighted by atomic mass is 10.1. The second-order valence-electron chi connectivity index (χ2n) is 3.07. The third kappa shape index (κ3) is 1.29. The minimum absolute atomic E-state index is 0.174. The first-order valence-electron chi connectivity index (χ1n) is 4.52. The monoisotopic (exact) mass is 149 g/mol. The minimum Gasteiger partial charge on any atom is -0.396 e. The van der Waals surface area contributed by atoms with Gasteiger partial charge >= 0.3 is 0 Å². The Labute approximate surface area is 68.1 Å². The van der Waals surface area contributed by atoms with Gasteiger partial charge in [0.1, 0.15) is 0 Å². The Morgan fingerprint density at radius 1 is 1.45 bits per heavy atom. The van der Waals surface area contributed by atoms with E-state index in [1.807, 2.05) is 18.2 Å². The molecule has 0 aliphatic heterocycles. The Hall–Kier alpha value is -0.820. The zero-order chi connectivity index (χ0) is 8.55. The molecular formula is C10H12O. The van der Waals surface area contributed by atoms with Gasteiger partial charge < -0.3 is 5.11 Å². The van der Waals surface area contributed by atoms with Gasteiger partial charge in [0.2, 0.25) is 0 Å². The fourth-order valence-corrected chi connectivity index (χ4v) is 1.46. The molecule has 1 aromatic rings. The van der Waals surface area contributed by atoms with Crippen LogP contribution in [0.5, 0.6) is 0 Å². The number of benzene rings is 1. The van der Waals surface area contributed by atoms with Crippen LogP contribution in [0.25, 0.3) is 0 Å². The molecule has 1 N–H and O–H groups in total. The highest BCUT2D eigenvalue weighted by Gasteiger charge is 2.37. The molecule has 1 heteroatoms. The molecule has 2 rings (SSSR count). The summed E-state index contributed by atoms with van der Waals surface area (Å²) in [5.41, 5.74) is 1.26. The van der Waals surface area contributed by atoms with Crippen LogP contribution >= 0.6 is 0 Å². The van der Waals surface area contributed by atoms with Crippen LogP contribution in [-0.2, 0) is 0 Å². The van der Waals surface area contributed by atoms with Crippen molar-refractivity contribution in [2.45, 2.75) is 12.3 Å². The van der Waals surface area contributed by atoms with Crippen molar-refractivity contribution in [3.8, 4) is 0 Å². The number of hydrogen-bond acceptors (Lipinski definition) is 1. The van der Waals surface area contributed by atoms with E-state index < -0.39 is 6.58 Å². The van der Waals surface area contributed by atoms with E-state index in [1.165, 1.54) is 5.56 Å². The first kappa shape index (κ1) is 5.78. The van der Waals surface area contributed by atoms with Crippen molar-refractivity contribution in [3.05, 3.63) is 35.9 Å². The predicted octanol–water partition coefficient (Wildman–Crippen LogP) is 1.78. The molecule has 3 atom stereocenters. The van der Waals surface area contributed by atoms with Crippen LogP contribution in [-0.4, -0.2) is 11.7 Å². The van der Waals surface area contributed by atoms with Gasteiger partial charge in [-0.15, -0.1) is 0 Å². The predicted molar refractivity (Wildman–Crippen MR) is 44.4 cm³/mol. The summed E-state index contributed by atoms with van der Waals surface area (Å²) in [7, 11) is 0. The van der Waals surface area contributed by atoms with E-state index in [9.17, 15) is 0 Å². The van der Waals surface area contributed by atoms with Crippen LogP contribution in [0.1, 0.15) is 19.3 Å². The molecule has 0 bridgehead atoms. The third-order valence-electron chi connectivity index (χ3n) is 2.26. The summed E-state index contributed by atoms with van der Waals surface area (Å²) in [6, 6.07) is 10.1. The van der Waals surface area contributed by atoms with Crippen molar-refractivity contribution in [1.82, 2.24) is 0 Å². The summed E-state index contributed by atoms with van der Waals surface area (Å²) in [4.78, 5) is 0. The highest BCUT2D eigenvalue weighted by Crippen LogP contribution is 2.46. The van der Waals surface area contributed by atoms with Crippen LogP contribution in [0.15, 0.2) is 30.3 Å². The van der Waals surface area contributed by atoms with Gasteiger partial charge in [0.15, 0.2) is 0 Å². The van der Waals surface area contributed by atoms with Crippen LogP contribution in [0.4, 0.5) is 0 Å². The van der Waals surface area contributed by atoms with Gasteiger partial charge in [-0.2, -0.15) is 0 Å². The van der Waals surface area contributed by atoms with Gasteiger partial charge in [-0.3, -0.25) is 0 Å². The molecule has 1 aliphatic rings. The summed E-state index contributed by atoms with van der Waals surface area (Å²) in [6.07, 6.45) is 0.967. The molecule has 11 heavy (non-hydrogen) atoms. The van der Waals surface area contributed by atoms with Gasteiger partial charge in [-0.25, -0.2) is 0 Å². The molecule has 0 saturated heterocycles. The van der Waals surface area contributed by atoms with E-state index in [2.05, 4.69) is 12.1 Å². The van der Waals surface area contributed by atoms with E-state index in [1.54, 1.807) is 0 Å². The Bertz CT molecular complexity index is 258. The first-order chi connectivity index (χ1) is 5.79. The standard InChI is InChI=1S/C10H12O/c11-7-9-6-10(9)8-4-2-1-3-5-8/h1-5,9-11H,6-7H2/i7D. The van der Waals surface area contributed by atoms with E-state index in [4.69, 9.17) is 6.48 Å². The molecule has 58 valence electrons. The molecule has 1 saturated carbocycles. The smallest absolute Gasteiger partial charge is 0.0567 e. The molecule has 0 amide bonds. The maximum atomic E-state index is 8.99. The van der Waals surface area contributed by atoms with Crippen LogP contribution < -0.4 is 0 Å². The average molecular weight is 149 g/mol. The van der Waals surface area contributed by atoms with E-state index in [0.717, 1.165) is 6.42 Å². The molecule has 1 fully saturated rings. The first-order valence-corrected chi connectivity index (χ1v) is 3.94. The van der Waals surface area contributed by atoms with E-state index in [0.29, 0.717) is 5.92 Å².